The molecule has 0 aromatic carbocycles. The molecule has 1 N–H and O–H groups in total. The number of ether oxygens (including phenoxy) is 2. The first-order valence-electron chi connectivity index (χ1n) is 10.6. The molecule has 5 rings (SSSR count). The zero-order valence-electron chi connectivity index (χ0n) is 18.1. The molecule has 2 aliphatic rings. The minimum Gasteiger partial charge on any atom is -0.464 e. The van der Waals surface area contributed by atoms with Crippen LogP contribution in [0.2, 0.25) is 0 Å². The van der Waals surface area contributed by atoms with Crippen LogP contribution in [-0.2, 0) is 23.1 Å². The second kappa shape index (κ2) is 9.39. The number of hydrogen-bond donors (Lipinski definition) is 1. The second-order valence-corrected chi connectivity index (χ2v) is 7.41. The lowest BCUT2D eigenvalue weighted by Crippen LogP contribution is -2.27. The van der Waals surface area contributed by atoms with Gasteiger partial charge in [-0.3, -0.25) is 9.88 Å². The summed E-state index contributed by atoms with van der Waals surface area (Å²) in [5.41, 5.74) is 2.95. The summed E-state index contributed by atoms with van der Waals surface area (Å²) in [4.78, 5) is 15.4. The van der Waals surface area contributed by atoms with Gasteiger partial charge < -0.3 is 14.8 Å². The first-order valence-corrected chi connectivity index (χ1v) is 10.6. The molecule has 3 aromatic rings. The summed E-state index contributed by atoms with van der Waals surface area (Å²) in [7, 11) is 1.86. The Balaban J connectivity index is 1.48. The number of nitrogens with one attached hydrogen (secondary N) is 1. The van der Waals surface area contributed by atoms with Gasteiger partial charge in [0.2, 0.25) is 11.8 Å². The van der Waals surface area contributed by atoms with Crippen LogP contribution in [0.1, 0.15) is 18.4 Å². The molecule has 1 aliphatic carbocycles. The van der Waals surface area contributed by atoms with Gasteiger partial charge in [-0.25, -0.2) is 9.67 Å². The second-order valence-electron chi connectivity index (χ2n) is 7.41. The molecule has 0 radical (unpaired) electrons. The molecule has 33 heavy (non-hydrogen) atoms. The standard InChI is InChI=1S/C24H23N7O2/c1-30-24(31(19-6-3-2-4-7-19)21-17-32-14-15-33-21)28-23(29-30)20-8-5-11-26-22(20)27-16-18-9-12-25-13-10-18/h2-3,5-6,8-15,17H,4,7,16H2,1H3,(H,26,27). The maximum absolute atomic E-state index is 5.73. The molecule has 0 fully saturated rings. The van der Waals surface area contributed by atoms with E-state index in [1.807, 2.05) is 48.4 Å². The van der Waals surface area contributed by atoms with Crippen LogP contribution in [0.4, 0.5) is 11.8 Å². The van der Waals surface area contributed by atoms with E-state index in [9.17, 15) is 0 Å². The molecule has 4 heterocycles. The molecule has 0 atom stereocenters. The van der Waals surface area contributed by atoms with E-state index >= 15 is 0 Å². The Morgan fingerprint density at radius 2 is 2.06 bits per heavy atom. The van der Waals surface area contributed by atoms with E-state index in [1.165, 1.54) is 12.5 Å². The van der Waals surface area contributed by atoms with E-state index < -0.39 is 0 Å². The van der Waals surface area contributed by atoms with Gasteiger partial charge >= 0.3 is 0 Å². The Kier molecular flexibility index (Phi) is 5.83. The van der Waals surface area contributed by atoms with Crippen LogP contribution in [0.25, 0.3) is 11.4 Å². The number of aromatic nitrogens is 5. The molecule has 0 saturated carbocycles. The molecular weight excluding hydrogens is 418 g/mol. The zero-order valence-corrected chi connectivity index (χ0v) is 18.1. The monoisotopic (exact) mass is 441 g/mol. The van der Waals surface area contributed by atoms with Crippen LogP contribution in [0.5, 0.6) is 0 Å². The maximum atomic E-state index is 5.73. The molecule has 0 unspecified atom stereocenters. The molecule has 9 heteroatoms. The van der Waals surface area contributed by atoms with Gasteiger partial charge in [0.1, 0.15) is 18.3 Å². The van der Waals surface area contributed by atoms with Gasteiger partial charge in [-0.05, 0) is 48.7 Å². The summed E-state index contributed by atoms with van der Waals surface area (Å²) in [6, 6.07) is 7.76. The van der Waals surface area contributed by atoms with Crippen molar-refractivity contribution in [2.45, 2.75) is 19.4 Å². The molecular formula is C24H23N7O2. The zero-order chi connectivity index (χ0) is 22.5. The van der Waals surface area contributed by atoms with Crippen molar-refractivity contribution in [3.05, 3.63) is 97.0 Å². The summed E-state index contributed by atoms with van der Waals surface area (Å²) in [5.74, 6) is 2.39. The summed E-state index contributed by atoms with van der Waals surface area (Å²) < 4.78 is 12.8. The number of allylic oxidation sites excluding steroid dienone is 4. The molecule has 9 nitrogen and oxygen atoms in total. The third-order valence-corrected chi connectivity index (χ3v) is 5.19. The van der Waals surface area contributed by atoms with Crippen LogP contribution in [0.15, 0.2) is 91.5 Å². The number of rotatable bonds is 7. The van der Waals surface area contributed by atoms with Crippen LogP contribution >= 0.6 is 0 Å². The first kappa shape index (κ1) is 20.5. The molecule has 1 aliphatic heterocycles. The lowest BCUT2D eigenvalue weighted by molar-refractivity contribution is 0.249. The largest absolute Gasteiger partial charge is 0.464 e. The van der Waals surface area contributed by atoms with Crippen LogP contribution in [-0.4, -0.2) is 24.7 Å². The topological polar surface area (TPSA) is 90.2 Å². The fourth-order valence-electron chi connectivity index (χ4n) is 3.60. The van der Waals surface area contributed by atoms with Gasteiger partial charge in [0.25, 0.3) is 0 Å². The summed E-state index contributed by atoms with van der Waals surface area (Å²) in [6.07, 6.45) is 17.8. The predicted octanol–water partition coefficient (Wildman–Crippen LogP) is 4.24. The van der Waals surface area contributed by atoms with Crippen LogP contribution < -0.4 is 10.2 Å². The first-order chi connectivity index (χ1) is 16.3. The van der Waals surface area contributed by atoms with E-state index in [0.717, 1.165) is 29.7 Å². The molecule has 3 aromatic heterocycles. The lowest BCUT2D eigenvalue weighted by Gasteiger charge is -2.28. The van der Waals surface area contributed by atoms with Crippen molar-refractivity contribution in [2.75, 3.05) is 10.2 Å². The van der Waals surface area contributed by atoms with Crippen molar-refractivity contribution in [3.8, 4) is 11.4 Å². The fourth-order valence-corrected chi connectivity index (χ4v) is 3.60. The highest BCUT2D eigenvalue weighted by Gasteiger charge is 2.26. The quantitative estimate of drug-likeness (QED) is 0.582. The molecule has 0 bridgehead atoms. The Labute approximate surface area is 191 Å². The lowest BCUT2D eigenvalue weighted by atomic mass is 10.1. The molecule has 0 spiro atoms. The number of aryl methyl sites for hydroxylation is 1. The van der Waals surface area contributed by atoms with Crippen molar-refractivity contribution in [1.29, 1.82) is 0 Å². The van der Waals surface area contributed by atoms with Gasteiger partial charge in [-0.2, -0.15) is 4.98 Å². The van der Waals surface area contributed by atoms with E-state index in [2.05, 4.69) is 21.4 Å². The van der Waals surface area contributed by atoms with Gasteiger partial charge in [0, 0.05) is 37.9 Å². The third-order valence-electron chi connectivity index (χ3n) is 5.19. The van der Waals surface area contributed by atoms with Gasteiger partial charge in [-0.15, -0.1) is 5.10 Å². The normalized spacial score (nSPS) is 14.7. The van der Waals surface area contributed by atoms with Crippen molar-refractivity contribution in [3.63, 3.8) is 0 Å². The van der Waals surface area contributed by atoms with Gasteiger partial charge in [-0.1, -0.05) is 12.2 Å². The highest BCUT2D eigenvalue weighted by Crippen LogP contribution is 2.32. The molecule has 0 saturated heterocycles. The highest BCUT2D eigenvalue weighted by molar-refractivity contribution is 5.71. The summed E-state index contributed by atoms with van der Waals surface area (Å²) in [5, 5.41) is 8.08. The smallest absolute Gasteiger partial charge is 0.242 e. The Bertz CT molecular complexity index is 1240. The average molecular weight is 441 g/mol. The Hall–Kier alpha value is -4.40. The maximum Gasteiger partial charge on any atom is 0.242 e. The van der Waals surface area contributed by atoms with E-state index in [4.69, 9.17) is 19.6 Å². The van der Waals surface area contributed by atoms with Gasteiger partial charge in [0.15, 0.2) is 12.1 Å². The number of hydrogen-bond acceptors (Lipinski definition) is 8. The van der Waals surface area contributed by atoms with E-state index in [1.54, 1.807) is 29.5 Å². The highest BCUT2D eigenvalue weighted by atomic mass is 16.5. The van der Waals surface area contributed by atoms with Crippen LogP contribution in [0.3, 0.4) is 0 Å². The average Bonchev–Trinajstić information content (AvgIpc) is 3.26. The van der Waals surface area contributed by atoms with Crippen molar-refractivity contribution >= 4 is 11.8 Å². The van der Waals surface area contributed by atoms with Crippen molar-refractivity contribution < 1.29 is 9.47 Å². The SMILES string of the molecule is Cn1nc(-c2cccnc2NCc2ccncc2)nc1N(C1=CC=CCC1)C1=COC=CO1. The minimum atomic E-state index is 0.517. The summed E-state index contributed by atoms with van der Waals surface area (Å²) >= 11 is 0. The number of anilines is 2. The number of nitrogens with zero attached hydrogens (tertiary/aromatic N) is 6. The van der Waals surface area contributed by atoms with E-state index in [-0.39, 0.29) is 0 Å². The van der Waals surface area contributed by atoms with Crippen LogP contribution in [0, 0.1) is 0 Å². The minimum absolute atomic E-state index is 0.517. The third kappa shape index (κ3) is 4.47. The van der Waals surface area contributed by atoms with Crippen molar-refractivity contribution in [1.82, 2.24) is 24.7 Å². The number of pyridine rings is 2. The predicted molar refractivity (Wildman–Crippen MR) is 124 cm³/mol. The van der Waals surface area contributed by atoms with Gasteiger partial charge in [0.05, 0.1) is 5.56 Å². The summed E-state index contributed by atoms with van der Waals surface area (Å²) in [6.45, 7) is 0.613. The Morgan fingerprint density at radius 3 is 2.85 bits per heavy atom. The van der Waals surface area contributed by atoms with E-state index in [0.29, 0.717) is 30.0 Å². The fraction of sp³-hybridized carbons (Fsp3) is 0.167. The molecule has 166 valence electrons. The Morgan fingerprint density at radius 1 is 1.15 bits per heavy atom. The molecule has 0 amide bonds. The van der Waals surface area contributed by atoms with Crippen molar-refractivity contribution in [2.24, 2.45) is 7.05 Å².